The second-order valence-electron chi connectivity index (χ2n) is 9.22. The summed E-state index contributed by atoms with van der Waals surface area (Å²) in [6, 6.07) is 4.54. The van der Waals surface area contributed by atoms with E-state index in [2.05, 4.69) is 53.7 Å². The number of hydrogen-bond donors (Lipinski definition) is 0. The van der Waals surface area contributed by atoms with Crippen LogP contribution in [0.15, 0.2) is 12.1 Å². The van der Waals surface area contributed by atoms with Crippen molar-refractivity contribution in [2.24, 2.45) is 5.92 Å². The molecule has 2 unspecified atom stereocenters. The standard InChI is InChI=1S/C23H34O2S/c1-13(2)16-11-20(14(3)4)22(21(12-16)15(5)6)23(24)17-9-18-7-8-19(10-17)26(18)25/h11-15,17-19H,7-10H2,1-6H3. The van der Waals surface area contributed by atoms with E-state index in [-0.39, 0.29) is 16.4 Å². The van der Waals surface area contributed by atoms with Gasteiger partial charge in [-0.1, -0.05) is 53.7 Å². The second kappa shape index (κ2) is 7.58. The van der Waals surface area contributed by atoms with Gasteiger partial charge in [0.1, 0.15) is 0 Å². The van der Waals surface area contributed by atoms with Crippen LogP contribution in [0.2, 0.25) is 0 Å². The molecule has 0 amide bonds. The third-order valence-corrected chi connectivity index (χ3v) is 8.48. The van der Waals surface area contributed by atoms with Gasteiger partial charge in [-0.25, -0.2) is 0 Å². The van der Waals surface area contributed by atoms with Crippen LogP contribution < -0.4 is 0 Å². The summed E-state index contributed by atoms with van der Waals surface area (Å²) in [7, 11) is -0.703. The van der Waals surface area contributed by atoms with Gasteiger partial charge in [-0.15, -0.1) is 0 Å². The van der Waals surface area contributed by atoms with Gasteiger partial charge in [0.2, 0.25) is 0 Å². The van der Waals surface area contributed by atoms with Crippen molar-refractivity contribution >= 4 is 16.6 Å². The molecule has 2 aliphatic rings. The molecule has 2 bridgehead atoms. The zero-order valence-electron chi connectivity index (χ0n) is 17.2. The van der Waals surface area contributed by atoms with E-state index in [0.717, 1.165) is 31.2 Å². The largest absolute Gasteiger partial charge is 0.294 e. The summed E-state index contributed by atoms with van der Waals surface area (Å²) in [4.78, 5) is 13.7. The van der Waals surface area contributed by atoms with Crippen molar-refractivity contribution in [2.45, 2.75) is 95.5 Å². The topological polar surface area (TPSA) is 34.1 Å². The number of Topliss-reactive ketones (excluding diaryl/α,β-unsaturated/α-hetero) is 1. The van der Waals surface area contributed by atoms with Crippen molar-refractivity contribution in [1.29, 1.82) is 0 Å². The highest BCUT2D eigenvalue weighted by Crippen LogP contribution is 2.42. The fourth-order valence-electron chi connectivity index (χ4n) is 4.69. The zero-order chi connectivity index (χ0) is 19.2. The van der Waals surface area contributed by atoms with Crippen molar-refractivity contribution in [3.63, 3.8) is 0 Å². The molecule has 2 aliphatic heterocycles. The minimum absolute atomic E-state index is 0.0603. The van der Waals surface area contributed by atoms with Crippen molar-refractivity contribution in [3.8, 4) is 0 Å². The smallest absolute Gasteiger partial charge is 0.166 e. The third kappa shape index (κ3) is 3.56. The average Bonchev–Trinajstić information content (AvgIpc) is 2.80. The lowest BCUT2D eigenvalue weighted by atomic mass is 9.79. The van der Waals surface area contributed by atoms with Gasteiger partial charge in [0.25, 0.3) is 0 Å². The van der Waals surface area contributed by atoms with Crippen LogP contribution in [0, 0.1) is 5.92 Å². The van der Waals surface area contributed by atoms with Crippen molar-refractivity contribution in [2.75, 3.05) is 0 Å². The molecule has 2 atom stereocenters. The molecule has 0 aromatic heterocycles. The maximum atomic E-state index is 13.7. The maximum Gasteiger partial charge on any atom is 0.166 e. The predicted octanol–water partition coefficient (Wildman–Crippen LogP) is 5.93. The molecule has 3 rings (SSSR count). The van der Waals surface area contributed by atoms with Crippen molar-refractivity contribution < 1.29 is 9.00 Å². The third-order valence-electron chi connectivity index (χ3n) is 6.31. The molecule has 3 heteroatoms. The minimum atomic E-state index is -0.703. The molecule has 2 fully saturated rings. The zero-order valence-corrected chi connectivity index (χ0v) is 18.0. The molecule has 0 saturated carbocycles. The molecule has 0 spiro atoms. The number of carbonyl (C=O) groups excluding carboxylic acids is 1. The van der Waals surface area contributed by atoms with E-state index in [1.54, 1.807) is 0 Å². The molecule has 0 radical (unpaired) electrons. The van der Waals surface area contributed by atoms with Crippen LogP contribution in [0.5, 0.6) is 0 Å². The van der Waals surface area contributed by atoms with E-state index in [9.17, 15) is 9.00 Å². The first-order chi connectivity index (χ1) is 12.2. The normalized spacial score (nSPS) is 28.3. The highest BCUT2D eigenvalue weighted by Gasteiger charge is 2.43. The number of ketones is 1. The van der Waals surface area contributed by atoms with Crippen LogP contribution in [0.4, 0.5) is 0 Å². The monoisotopic (exact) mass is 374 g/mol. The molecule has 2 heterocycles. The summed E-state index contributed by atoms with van der Waals surface area (Å²) in [6.45, 7) is 13.2. The van der Waals surface area contributed by atoms with E-state index in [1.807, 2.05) is 0 Å². The Morgan fingerprint density at radius 2 is 1.35 bits per heavy atom. The SMILES string of the molecule is CC(C)c1cc(C(C)C)c(C(=O)C2CC3CCC(C2)S3=O)c(C(C)C)c1. The summed E-state index contributed by atoms with van der Waals surface area (Å²) >= 11 is 0. The first kappa shape index (κ1) is 19.8. The minimum Gasteiger partial charge on any atom is -0.294 e. The van der Waals surface area contributed by atoms with E-state index in [4.69, 9.17) is 0 Å². The van der Waals surface area contributed by atoms with Crippen LogP contribution in [0.1, 0.15) is 112 Å². The van der Waals surface area contributed by atoms with E-state index in [0.29, 0.717) is 23.5 Å². The average molecular weight is 375 g/mol. The quantitative estimate of drug-likeness (QED) is 0.599. The molecule has 2 saturated heterocycles. The van der Waals surface area contributed by atoms with Gasteiger partial charge in [0.05, 0.1) is 0 Å². The Balaban J connectivity index is 2.05. The van der Waals surface area contributed by atoms with Crippen molar-refractivity contribution in [1.82, 2.24) is 0 Å². The van der Waals surface area contributed by atoms with Crippen LogP contribution in [-0.2, 0) is 10.8 Å². The molecule has 0 aliphatic carbocycles. The van der Waals surface area contributed by atoms with E-state index in [1.165, 1.54) is 16.7 Å². The van der Waals surface area contributed by atoms with Crippen LogP contribution in [-0.4, -0.2) is 20.5 Å². The number of fused-ring (bicyclic) bond motifs is 2. The fraction of sp³-hybridized carbons (Fsp3) is 0.696. The van der Waals surface area contributed by atoms with Gasteiger partial charge in [0.15, 0.2) is 5.78 Å². The number of carbonyl (C=O) groups is 1. The summed E-state index contributed by atoms with van der Waals surface area (Å²) in [5, 5.41) is 0.505. The molecule has 144 valence electrons. The van der Waals surface area contributed by atoms with E-state index >= 15 is 0 Å². The lowest BCUT2D eigenvalue weighted by Crippen LogP contribution is -2.33. The molecule has 26 heavy (non-hydrogen) atoms. The highest BCUT2D eigenvalue weighted by atomic mass is 32.2. The summed E-state index contributed by atoms with van der Waals surface area (Å²) < 4.78 is 12.4. The van der Waals surface area contributed by atoms with Gasteiger partial charge >= 0.3 is 0 Å². The fourth-order valence-corrected chi connectivity index (χ4v) is 6.82. The number of benzene rings is 1. The van der Waals surface area contributed by atoms with Crippen molar-refractivity contribution in [3.05, 3.63) is 34.4 Å². The molecular weight excluding hydrogens is 340 g/mol. The van der Waals surface area contributed by atoms with Gasteiger partial charge < -0.3 is 0 Å². The molecule has 2 nitrogen and oxygen atoms in total. The number of rotatable bonds is 5. The summed E-state index contributed by atoms with van der Waals surface area (Å²) in [6.07, 6.45) is 3.73. The summed E-state index contributed by atoms with van der Waals surface area (Å²) in [5.74, 6) is 1.51. The predicted molar refractivity (Wildman–Crippen MR) is 111 cm³/mol. The molecule has 1 aromatic rings. The first-order valence-corrected chi connectivity index (χ1v) is 11.6. The Bertz CT molecular complexity index is 672. The number of hydrogen-bond acceptors (Lipinski definition) is 2. The van der Waals surface area contributed by atoms with E-state index < -0.39 is 10.8 Å². The van der Waals surface area contributed by atoms with Gasteiger partial charge in [-0.3, -0.25) is 9.00 Å². The second-order valence-corrected chi connectivity index (χ2v) is 11.2. The van der Waals surface area contributed by atoms with Crippen LogP contribution in [0.3, 0.4) is 0 Å². The molecule has 1 aromatic carbocycles. The lowest BCUT2D eigenvalue weighted by molar-refractivity contribution is 0.0903. The summed E-state index contributed by atoms with van der Waals surface area (Å²) in [5.41, 5.74) is 4.74. The van der Waals surface area contributed by atoms with Gasteiger partial charge in [-0.05, 0) is 60.1 Å². The van der Waals surface area contributed by atoms with Crippen LogP contribution in [0.25, 0.3) is 0 Å². The molecule has 0 N–H and O–H groups in total. The first-order valence-electron chi connectivity index (χ1n) is 10.3. The van der Waals surface area contributed by atoms with Gasteiger partial charge in [-0.2, -0.15) is 0 Å². The van der Waals surface area contributed by atoms with Crippen LogP contribution >= 0.6 is 0 Å². The maximum absolute atomic E-state index is 13.7. The Labute approximate surface area is 161 Å². The Morgan fingerprint density at radius 1 is 0.885 bits per heavy atom. The molecular formula is C23H34O2S. The Hall–Kier alpha value is -0.960. The lowest BCUT2D eigenvalue weighted by Gasteiger charge is -2.29. The highest BCUT2D eigenvalue weighted by molar-refractivity contribution is 7.86. The Morgan fingerprint density at radius 3 is 1.73 bits per heavy atom. The van der Waals surface area contributed by atoms with Gasteiger partial charge in [0, 0.05) is 32.8 Å². The Kier molecular flexibility index (Phi) is 5.77.